The summed E-state index contributed by atoms with van der Waals surface area (Å²) in [4.78, 5) is 16.3. The van der Waals surface area contributed by atoms with Gasteiger partial charge in [0.05, 0.1) is 28.1 Å². The summed E-state index contributed by atoms with van der Waals surface area (Å²) < 4.78 is 38.0. The molecule has 4 N–H and O–H groups in total. The zero-order valence-electron chi connectivity index (χ0n) is 14.4. The summed E-state index contributed by atoms with van der Waals surface area (Å²) in [5, 5.41) is 11.7. The number of carbonyl (C=O) groups is 1. The van der Waals surface area contributed by atoms with Crippen molar-refractivity contribution in [2.75, 3.05) is 18.0 Å². The molecule has 0 aliphatic rings. The van der Waals surface area contributed by atoms with Crippen LogP contribution in [0.25, 0.3) is 11.3 Å². The van der Waals surface area contributed by atoms with Crippen molar-refractivity contribution in [2.24, 2.45) is 0 Å². The summed E-state index contributed by atoms with van der Waals surface area (Å²) in [7, 11) is -3.69. The van der Waals surface area contributed by atoms with E-state index in [0.29, 0.717) is 5.56 Å². The Balaban J connectivity index is 2.63. The zero-order valence-corrected chi connectivity index (χ0v) is 15.2. The first-order chi connectivity index (χ1) is 12.2. The summed E-state index contributed by atoms with van der Waals surface area (Å²) in [6.07, 6.45) is -0.767. The number of hydrogen-bond acceptors (Lipinski definition) is 6. The highest BCUT2D eigenvalue weighted by molar-refractivity contribution is 7.91. The zero-order chi connectivity index (χ0) is 19.5. The largest absolute Gasteiger partial charge is 0.397 e. The summed E-state index contributed by atoms with van der Waals surface area (Å²) >= 11 is 0. The number of halogens is 1. The third-order valence-electron chi connectivity index (χ3n) is 3.62. The molecule has 1 aromatic heterocycles. The van der Waals surface area contributed by atoms with Crippen molar-refractivity contribution < 1.29 is 22.7 Å². The number of aliphatic hydroxyl groups is 1. The Bertz CT molecular complexity index is 912. The third-order valence-corrected chi connectivity index (χ3v) is 5.36. The highest BCUT2D eigenvalue weighted by Crippen LogP contribution is 2.29. The fourth-order valence-electron chi connectivity index (χ4n) is 2.22. The molecule has 0 fully saturated rings. The molecule has 9 heteroatoms. The number of nitrogens with one attached hydrogen (secondary N) is 1. The van der Waals surface area contributed by atoms with E-state index in [4.69, 9.17) is 5.73 Å². The van der Waals surface area contributed by atoms with Crippen molar-refractivity contribution in [1.29, 1.82) is 0 Å². The average molecular weight is 381 g/mol. The number of sulfone groups is 1. The number of aliphatic hydroxyl groups excluding tert-OH is 1. The molecule has 0 unspecified atom stereocenters. The Hall–Kier alpha value is -2.52. The van der Waals surface area contributed by atoms with Gasteiger partial charge in [0.15, 0.2) is 15.5 Å². The third kappa shape index (κ3) is 4.36. The lowest BCUT2D eigenvalue weighted by Crippen LogP contribution is -2.32. The van der Waals surface area contributed by atoms with E-state index in [1.807, 2.05) is 0 Å². The number of anilines is 1. The maximum atomic E-state index is 13.2. The molecule has 1 heterocycles. The van der Waals surface area contributed by atoms with Crippen LogP contribution >= 0.6 is 0 Å². The van der Waals surface area contributed by atoms with Crippen LogP contribution in [0.15, 0.2) is 35.2 Å². The van der Waals surface area contributed by atoms with E-state index in [-0.39, 0.29) is 34.3 Å². The standard InChI is InChI=1S/C17H20FN3O4S/c1-3-26(24,25)14-8-13(19)16(17(23)20-9-10(2)22)21-15(14)11-4-6-12(18)7-5-11/h4-8,10,22H,3,9,19H2,1-2H3,(H,20,23)/t10-/m0/s1. The van der Waals surface area contributed by atoms with Gasteiger partial charge in [-0.2, -0.15) is 0 Å². The number of hydrogen-bond donors (Lipinski definition) is 3. The number of carbonyl (C=O) groups excluding carboxylic acids is 1. The van der Waals surface area contributed by atoms with E-state index in [1.165, 1.54) is 44.2 Å². The number of rotatable bonds is 6. The van der Waals surface area contributed by atoms with Gasteiger partial charge in [-0.15, -0.1) is 0 Å². The van der Waals surface area contributed by atoms with E-state index in [1.54, 1.807) is 0 Å². The van der Waals surface area contributed by atoms with Crippen LogP contribution < -0.4 is 11.1 Å². The summed E-state index contributed by atoms with van der Waals surface area (Å²) in [5.74, 6) is -1.32. The number of pyridine rings is 1. The van der Waals surface area contributed by atoms with Crippen molar-refractivity contribution in [3.63, 3.8) is 0 Å². The van der Waals surface area contributed by atoms with Crippen LogP contribution in [-0.4, -0.2) is 42.8 Å². The second-order valence-electron chi connectivity index (χ2n) is 5.74. The maximum absolute atomic E-state index is 13.2. The first-order valence-electron chi connectivity index (χ1n) is 7.91. The molecule has 0 radical (unpaired) electrons. The monoisotopic (exact) mass is 381 g/mol. The fraction of sp³-hybridized carbons (Fsp3) is 0.294. The van der Waals surface area contributed by atoms with Crippen molar-refractivity contribution in [3.05, 3.63) is 41.8 Å². The fourth-order valence-corrected chi connectivity index (χ4v) is 3.30. The van der Waals surface area contributed by atoms with Crippen LogP contribution in [0.1, 0.15) is 24.3 Å². The molecule has 2 rings (SSSR count). The van der Waals surface area contributed by atoms with Gasteiger partial charge in [-0.25, -0.2) is 17.8 Å². The van der Waals surface area contributed by atoms with Gasteiger partial charge in [0.2, 0.25) is 0 Å². The lowest BCUT2D eigenvalue weighted by atomic mass is 10.1. The molecule has 1 aromatic carbocycles. The predicted octanol–water partition coefficient (Wildman–Crippen LogP) is 1.37. The molecule has 7 nitrogen and oxygen atoms in total. The molecule has 1 atom stereocenters. The van der Waals surface area contributed by atoms with Crippen LogP contribution in [0, 0.1) is 5.82 Å². The minimum atomic E-state index is -3.69. The average Bonchev–Trinajstić information content (AvgIpc) is 2.60. The van der Waals surface area contributed by atoms with Gasteiger partial charge in [-0.1, -0.05) is 6.92 Å². The van der Waals surface area contributed by atoms with Crippen LogP contribution in [0.4, 0.5) is 10.1 Å². The molecule has 0 saturated carbocycles. The second kappa shape index (κ2) is 7.79. The predicted molar refractivity (Wildman–Crippen MR) is 95.8 cm³/mol. The van der Waals surface area contributed by atoms with Crippen LogP contribution in [-0.2, 0) is 9.84 Å². The van der Waals surface area contributed by atoms with Crippen LogP contribution in [0.3, 0.4) is 0 Å². The van der Waals surface area contributed by atoms with Gasteiger partial charge in [0, 0.05) is 12.1 Å². The van der Waals surface area contributed by atoms with Crippen molar-refractivity contribution in [2.45, 2.75) is 24.8 Å². The molecule has 0 aliphatic heterocycles. The Morgan fingerprint density at radius 2 is 1.96 bits per heavy atom. The van der Waals surface area contributed by atoms with Gasteiger partial charge in [0.1, 0.15) is 5.82 Å². The molecule has 0 aliphatic carbocycles. The lowest BCUT2D eigenvalue weighted by Gasteiger charge is -2.14. The highest BCUT2D eigenvalue weighted by Gasteiger charge is 2.24. The normalized spacial score (nSPS) is 12.6. The van der Waals surface area contributed by atoms with Gasteiger partial charge >= 0.3 is 0 Å². The molecule has 0 spiro atoms. The van der Waals surface area contributed by atoms with E-state index >= 15 is 0 Å². The molecular formula is C17H20FN3O4S. The molecule has 0 saturated heterocycles. The second-order valence-corrected chi connectivity index (χ2v) is 7.99. The first kappa shape index (κ1) is 19.8. The topological polar surface area (TPSA) is 122 Å². The number of aromatic nitrogens is 1. The van der Waals surface area contributed by atoms with Gasteiger partial charge < -0.3 is 16.2 Å². The molecule has 0 bridgehead atoms. The summed E-state index contributed by atoms with van der Waals surface area (Å²) in [6.45, 7) is 2.96. The van der Waals surface area contributed by atoms with E-state index < -0.39 is 27.7 Å². The molecule has 1 amide bonds. The van der Waals surface area contributed by atoms with Crippen molar-refractivity contribution >= 4 is 21.4 Å². The summed E-state index contributed by atoms with van der Waals surface area (Å²) in [6, 6.07) is 6.27. The minimum Gasteiger partial charge on any atom is -0.397 e. The Labute approximate surface area is 151 Å². The Morgan fingerprint density at radius 3 is 2.50 bits per heavy atom. The van der Waals surface area contributed by atoms with Crippen molar-refractivity contribution in [3.8, 4) is 11.3 Å². The molecule has 140 valence electrons. The van der Waals surface area contributed by atoms with E-state index in [0.717, 1.165) is 0 Å². The first-order valence-corrected chi connectivity index (χ1v) is 9.56. The van der Waals surface area contributed by atoms with Crippen LogP contribution in [0.2, 0.25) is 0 Å². The number of nitrogen functional groups attached to an aromatic ring is 1. The van der Waals surface area contributed by atoms with Crippen LogP contribution in [0.5, 0.6) is 0 Å². The Kier molecular flexibility index (Phi) is 5.94. The summed E-state index contributed by atoms with van der Waals surface area (Å²) in [5.41, 5.74) is 5.92. The van der Waals surface area contributed by atoms with Gasteiger partial charge in [-0.3, -0.25) is 4.79 Å². The van der Waals surface area contributed by atoms with E-state index in [2.05, 4.69) is 10.3 Å². The number of benzene rings is 1. The lowest BCUT2D eigenvalue weighted by molar-refractivity contribution is 0.0920. The Morgan fingerprint density at radius 1 is 1.35 bits per heavy atom. The molecule has 2 aromatic rings. The van der Waals surface area contributed by atoms with E-state index in [9.17, 15) is 22.7 Å². The minimum absolute atomic E-state index is 0.0131. The highest BCUT2D eigenvalue weighted by atomic mass is 32.2. The number of nitrogens with zero attached hydrogens (tertiary/aromatic N) is 1. The number of amides is 1. The number of nitrogens with two attached hydrogens (primary N) is 1. The SMILES string of the molecule is CCS(=O)(=O)c1cc(N)c(C(=O)NC[C@H](C)O)nc1-c1ccc(F)cc1. The smallest absolute Gasteiger partial charge is 0.272 e. The maximum Gasteiger partial charge on any atom is 0.272 e. The molecular weight excluding hydrogens is 361 g/mol. The van der Waals surface area contributed by atoms with Crippen molar-refractivity contribution in [1.82, 2.24) is 10.3 Å². The molecule has 26 heavy (non-hydrogen) atoms. The van der Waals surface area contributed by atoms with Gasteiger partial charge in [-0.05, 0) is 37.3 Å². The van der Waals surface area contributed by atoms with Gasteiger partial charge in [0.25, 0.3) is 5.91 Å². The quantitative estimate of drug-likeness (QED) is 0.695.